The Morgan fingerprint density at radius 3 is 2.88 bits per heavy atom. The first kappa shape index (κ1) is 16.3. The Morgan fingerprint density at radius 2 is 2.04 bits per heavy atom. The first-order valence-corrected chi connectivity index (χ1v) is 8.55. The summed E-state index contributed by atoms with van der Waals surface area (Å²) < 4.78 is 5.14. The molecule has 0 spiro atoms. The third kappa shape index (κ3) is 3.43. The number of hydrogen-bond donors (Lipinski definition) is 2. The van der Waals surface area contributed by atoms with Crippen molar-refractivity contribution in [1.29, 1.82) is 0 Å². The van der Waals surface area contributed by atoms with Crippen LogP contribution in [0.5, 0.6) is 0 Å². The predicted octanol–water partition coefficient (Wildman–Crippen LogP) is 4.03. The molecule has 4 aromatic rings. The van der Waals surface area contributed by atoms with Crippen LogP contribution < -0.4 is 11.1 Å². The molecule has 5 heteroatoms. The van der Waals surface area contributed by atoms with Crippen LogP contribution in [0.15, 0.2) is 76.1 Å². The van der Waals surface area contributed by atoms with Crippen molar-refractivity contribution in [3.8, 4) is 11.3 Å². The number of hydrogen-bond acceptors (Lipinski definition) is 4. The number of nitrogens with zero attached hydrogens (tertiary/aromatic N) is 1. The molecule has 0 bridgehead atoms. The lowest BCUT2D eigenvalue weighted by Crippen LogP contribution is -2.18. The summed E-state index contributed by atoms with van der Waals surface area (Å²) in [7, 11) is 0. The maximum atomic E-state index is 11.3. The van der Waals surface area contributed by atoms with Crippen molar-refractivity contribution in [2.75, 3.05) is 0 Å². The van der Waals surface area contributed by atoms with E-state index in [1.165, 1.54) is 5.56 Å². The lowest BCUT2D eigenvalue weighted by Gasteiger charge is -2.14. The van der Waals surface area contributed by atoms with E-state index in [4.69, 9.17) is 4.42 Å². The molecule has 0 aliphatic heterocycles. The summed E-state index contributed by atoms with van der Waals surface area (Å²) >= 11 is 0. The van der Waals surface area contributed by atoms with E-state index in [1.54, 1.807) is 6.20 Å². The van der Waals surface area contributed by atoms with Crippen LogP contribution in [0.25, 0.3) is 22.4 Å². The first-order valence-electron chi connectivity index (χ1n) is 8.55. The van der Waals surface area contributed by atoms with Crippen molar-refractivity contribution in [2.24, 2.45) is 0 Å². The molecular weight excluding hydrogens is 326 g/mol. The molecule has 0 fully saturated rings. The van der Waals surface area contributed by atoms with Crippen molar-refractivity contribution in [3.05, 3.63) is 88.5 Å². The van der Waals surface area contributed by atoms with Crippen LogP contribution in [-0.2, 0) is 6.54 Å². The second kappa shape index (κ2) is 6.98. The smallest absolute Gasteiger partial charge is 0.408 e. The SMILES string of the molecule is CC(NCc1cccc(-c2ccccn2)c1)c1ccc2[nH]c(=O)oc2c1. The van der Waals surface area contributed by atoms with Gasteiger partial charge in [-0.2, -0.15) is 0 Å². The summed E-state index contributed by atoms with van der Waals surface area (Å²) in [6, 6.07) is 20.2. The van der Waals surface area contributed by atoms with Gasteiger partial charge in [-0.3, -0.25) is 9.97 Å². The van der Waals surface area contributed by atoms with Gasteiger partial charge in [0.05, 0.1) is 11.2 Å². The summed E-state index contributed by atoms with van der Waals surface area (Å²) in [4.78, 5) is 18.3. The average molecular weight is 345 g/mol. The van der Waals surface area contributed by atoms with Crippen molar-refractivity contribution in [2.45, 2.75) is 19.5 Å². The van der Waals surface area contributed by atoms with Crippen molar-refractivity contribution in [3.63, 3.8) is 0 Å². The van der Waals surface area contributed by atoms with Gasteiger partial charge in [0, 0.05) is 24.3 Å². The number of nitrogens with one attached hydrogen (secondary N) is 2. The zero-order chi connectivity index (χ0) is 17.9. The molecule has 1 atom stereocenters. The van der Waals surface area contributed by atoms with Crippen LogP contribution >= 0.6 is 0 Å². The minimum Gasteiger partial charge on any atom is -0.408 e. The van der Waals surface area contributed by atoms with Crippen molar-refractivity contribution in [1.82, 2.24) is 15.3 Å². The molecular formula is C21H19N3O2. The average Bonchev–Trinajstić information content (AvgIpc) is 3.06. The zero-order valence-electron chi connectivity index (χ0n) is 14.4. The van der Waals surface area contributed by atoms with E-state index in [0.717, 1.165) is 23.4 Å². The number of oxazole rings is 1. The summed E-state index contributed by atoms with van der Waals surface area (Å²) in [5, 5.41) is 3.51. The normalized spacial score (nSPS) is 12.3. The van der Waals surface area contributed by atoms with Crippen LogP contribution in [0, 0.1) is 0 Å². The third-order valence-electron chi connectivity index (χ3n) is 4.45. The maximum absolute atomic E-state index is 11.3. The molecule has 130 valence electrons. The second-order valence-corrected chi connectivity index (χ2v) is 6.29. The molecule has 0 aliphatic carbocycles. The zero-order valence-corrected chi connectivity index (χ0v) is 14.4. The van der Waals surface area contributed by atoms with E-state index in [2.05, 4.69) is 40.4 Å². The summed E-state index contributed by atoms with van der Waals surface area (Å²) in [5.41, 5.74) is 5.63. The Bertz CT molecular complexity index is 1080. The Balaban J connectivity index is 1.48. The highest BCUT2D eigenvalue weighted by Gasteiger charge is 2.09. The molecule has 0 amide bonds. The van der Waals surface area contributed by atoms with E-state index in [-0.39, 0.29) is 6.04 Å². The number of pyridine rings is 1. The van der Waals surface area contributed by atoms with Gasteiger partial charge in [0.2, 0.25) is 0 Å². The van der Waals surface area contributed by atoms with Crippen LogP contribution in [0.3, 0.4) is 0 Å². The largest absolute Gasteiger partial charge is 0.417 e. The van der Waals surface area contributed by atoms with Gasteiger partial charge in [0.15, 0.2) is 5.58 Å². The van der Waals surface area contributed by atoms with E-state index < -0.39 is 5.76 Å². The highest BCUT2D eigenvalue weighted by Crippen LogP contribution is 2.20. The maximum Gasteiger partial charge on any atom is 0.417 e. The fourth-order valence-corrected chi connectivity index (χ4v) is 2.99. The van der Waals surface area contributed by atoms with Crippen LogP contribution in [0.4, 0.5) is 0 Å². The number of aromatic amines is 1. The quantitative estimate of drug-likeness (QED) is 0.573. The minimum absolute atomic E-state index is 0.123. The minimum atomic E-state index is -0.427. The van der Waals surface area contributed by atoms with Crippen molar-refractivity contribution >= 4 is 11.1 Å². The molecule has 0 aliphatic rings. The molecule has 2 heterocycles. The lowest BCUT2D eigenvalue weighted by molar-refractivity contribution is 0.550. The van der Waals surface area contributed by atoms with Gasteiger partial charge >= 0.3 is 5.76 Å². The van der Waals surface area contributed by atoms with E-state index >= 15 is 0 Å². The number of benzene rings is 2. The Labute approximate surface area is 150 Å². The highest BCUT2D eigenvalue weighted by atomic mass is 16.4. The van der Waals surface area contributed by atoms with E-state index in [1.807, 2.05) is 42.5 Å². The topological polar surface area (TPSA) is 70.9 Å². The lowest BCUT2D eigenvalue weighted by atomic mass is 10.1. The van der Waals surface area contributed by atoms with Crippen LogP contribution in [0.1, 0.15) is 24.1 Å². The van der Waals surface area contributed by atoms with E-state index in [9.17, 15) is 4.79 Å². The number of H-pyrrole nitrogens is 1. The van der Waals surface area contributed by atoms with Gasteiger partial charge in [0.25, 0.3) is 0 Å². The molecule has 0 radical (unpaired) electrons. The number of rotatable bonds is 5. The van der Waals surface area contributed by atoms with Crippen LogP contribution in [0.2, 0.25) is 0 Å². The fraction of sp³-hybridized carbons (Fsp3) is 0.143. The summed E-state index contributed by atoms with van der Waals surface area (Å²) in [6.07, 6.45) is 1.80. The molecule has 26 heavy (non-hydrogen) atoms. The summed E-state index contributed by atoms with van der Waals surface area (Å²) in [6.45, 7) is 2.82. The predicted molar refractivity (Wildman–Crippen MR) is 102 cm³/mol. The van der Waals surface area contributed by atoms with Crippen LogP contribution in [-0.4, -0.2) is 9.97 Å². The fourth-order valence-electron chi connectivity index (χ4n) is 2.99. The molecule has 0 saturated heterocycles. The molecule has 5 nitrogen and oxygen atoms in total. The molecule has 0 saturated carbocycles. The van der Waals surface area contributed by atoms with Gasteiger partial charge in [-0.25, -0.2) is 4.79 Å². The molecule has 2 aromatic heterocycles. The van der Waals surface area contributed by atoms with Gasteiger partial charge in [-0.1, -0.05) is 30.3 Å². The van der Waals surface area contributed by atoms with Gasteiger partial charge < -0.3 is 9.73 Å². The highest BCUT2D eigenvalue weighted by molar-refractivity contribution is 5.72. The van der Waals surface area contributed by atoms with Gasteiger partial charge in [-0.15, -0.1) is 0 Å². The first-order chi connectivity index (χ1) is 12.7. The molecule has 2 aromatic carbocycles. The Morgan fingerprint density at radius 1 is 1.12 bits per heavy atom. The van der Waals surface area contributed by atoms with Gasteiger partial charge in [0.1, 0.15) is 0 Å². The molecule has 1 unspecified atom stereocenters. The van der Waals surface area contributed by atoms with Crippen molar-refractivity contribution < 1.29 is 4.42 Å². The Hall–Kier alpha value is -3.18. The third-order valence-corrected chi connectivity index (χ3v) is 4.45. The summed E-state index contributed by atoms with van der Waals surface area (Å²) in [5.74, 6) is -0.427. The Kier molecular flexibility index (Phi) is 4.37. The second-order valence-electron chi connectivity index (χ2n) is 6.29. The van der Waals surface area contributed by atoms with Gasteiger partial charge in [-0.05, 0) is 48.4 Å². The number of fused-ring (bicyclic) bond motifs is 1. The monoisotopic (exact) mass is 345 g/mol. The standard InChI is InChI=1S/C21H19N3O2/c1-14(16-8-9-19-20(12-16)26-21(25)24-19)23-13-15-5-4-6-17(11-15)18-7-2-3-10-22-18/h2-12,14,23H,13H2,1H3,(H,24,25). The molecule has 2 N–H and O–H groups in total. The number of aromatic nitrogens is 2. The van der Waals surface area contributed by atoms with E-state index in [0.29, 0.717) is 11.1 Å². The molecule has 4 rings (SSSR count).